The van der Waals surface area contributed by atoms with Crippen molar-refractivity contribution in [3.8, 4) is 6.07 Å². The topological polar surface area (TPSA) is 35.8 Å². The second-order valence-electron chi connectivity index (χ2n) is 4.70. The van der Waals surface area contributed by atoms with Gasteiger partial charge in [0.2, 0.25) is 0 Å². The molecule has 2 aromatic rings. The highest BCUT2D eigenvalue weighted by Gasteiger charge is 2.11. The fourth-order valence-corrected chi connectivity index (χ4v) is 2.36. The van der Waals surface area contributed by atoms with Crippen LogP contribution in [0.1, 0.15) is 36.9 Å². The SMILES string of the molecule is CCCC(Nc1ccc(Cl)c(C#N)c1)c1ccccc1. The molecule has 1 unspecified atom stereocenters. The van der Waals surface area contributed by atoms with E-state index in [4.69, 9.17) is 16.9 Å². The van der Waals surface area contributed by atoms with E-state index in [-0.39, 0.29) is 6.04 Å². The molecule has 0 amide bonds. The summed E-state index contributed by atoms with van der Waals surface area (Å²) < 4.78 is 0. The van der Waals surface area contributed by atoms with E-state index >= 15 is 0 Å². The maximum absolute atomic E-state index is 9.04. The lowest BCUT2D eigenvalue weighted by Crippen LogP contribution is -2.10. The lowest BCUT2D eigenvalue weighted by Gasteiger charge is -2.20. The molecule has 0 spiro atoms. The lowest BCUT2D eigenvalue weighted by atomic mass is 10.0. The molecule has 2 nitrogen and oxygen atoms in total. The monoisotopic (exact) mass is 284 g/mol. The molecular formula is C17H17ClN2. The van der Waals surface area contributed by atoms with Crippen LogP contribution in [0.2, 0.25) is 5.02 Å². The zero-order valence-electron chi connectivity index (χ0n) is 11.4. The van der Waals surface area contributed by atoms with Gasteiger partial charge in [-0.15, -0.1) is 0 Å². The van der Waals surface area contributed by atoms with E-state index < -0.39 is 0 Å². The molecule has 0 bridgehead atoms. The van der Waals surface area contributed by atoms with Crippen LogP contribution in [0.4, 0.5) is 5.69 Å². The molecule has 0 radical (unpaired) electrons. The Kier molecular flexibility index (Phi) is 5.03. The molecule has 0 aliphatic rings. The third-order valence-corrected chi connectivity index (χ3v) is 3.54. The second-order valence-corrected chi connectivity index (χ2v) is 5.11. The van der Waals surface area contributed by atoms with E-state index in [9.17, 15) is 0 Å². The fraction of sp³-hybridized carbons (Fsp3) is 0.235. The normalized spacial score (nSPS) is 11.7. The van der Waals surface area contributed by atoms with Crippen molar-refractivity contribution in [3.63, 3.8) is 0 Å². The van der Waals surface area contributed by atoms with Crippen LogP contribution in [-0.4, -0.2) is 0 Å². The van der Waals surface area contributed by atoms with Gasteiger partial charge in [-0.1, -0.05) is 55.3 Å². The number of halogens is 1. The van der Waals surface area contributed by atoms with Gasteiger partial charge in [-0.25, -0.2) is 0 Å². The van der Waals surface area contributed by atoms with Crippen LogP contribution in [0.25, 0.3) is 0 Å². The summed E-state index contributed by atoms with van der Waals surface area (Å²) in [7, 11) is 0. The predicted octanol–water partition coefficient (Wildman–Crippen LogP) is 5.16. The first-order valence-corrected chi connectivity index (χ1v) is 7.13. The summed E-state index contributed by atoms with van der Waals surface area (Å²) in [6, 6.07) is 18.2. The average molecular weight is 285 g/mol. The van der Waals surface area contributed by atoms with E-state index in [1.54, 1.807) is 12.1 Å². The maximum atomic E-state index is 9.04. The standard InChI is InChI=1S/C17H17ClN2/c1-2-6-17(13-7-4-3-5-8-13)20-15-9-10-16(18)14(11-15)12-19/h3-5,7-11,17,20H,2,6H2,1H3. The summed E-state index contributed by atoms with van der Waals surface area (Å²) in [6.07, 6.45) is 2.12. The van der Waals surface area contributed by atoms with Crippen LogP contribution in [0.15, 0.2) is 48.5 Å². The zero-order chi connectivity index (χ0) is 14.4. The minimum atomic E-state index is 0.244. The Morgan fingerprint density at radius 3 is 2.60 bits per heavy atom. The summed E-state index contributed by atoms with van der Waals surface area (Å²) in [5.41, 5.74) is 2.68. The molecule has 0 aromatic heterocycles. The third kappa shape index (κ3) is 3.53. The molecule has 2 aromatic carbocycles. The molecule has 1 N–H and O–H groups in total. The Morgan fingerprint density at radius 2 is 1.95 bits per heavy atom. The summed E-state index contributed by atoms with van der Waals surface area (Å²) in [5.74, 6) is 0. The Balaban J connectivity index is 2.23. The van der Waals surface area contributed by atoms with Crippen LogP contribution >= 0.6 is 11.6 Å². The second kappa shape index (κ2) is 6.98. The fourth-order valence-electron chi connectivity index (χ4n) is 2.20. The van der Waals surface area contributed by atoms with E-state index in [0.717, 1.165) is 18.5 Å². The Hall–Kier alpha value is -1.98. The van der Waals surface area contributed by atoms with Crippen LogP contribution in [-0.2, 0) is 0 Å². The highest BCUT2D eigenvalue weighted by Crippen LogP contribution is 2.26. The van der Waals surface area contributed by atoms with Crippen LogP contribution in [0, 0.1) is 11.3 Å². The smallest absolute Gasteiger partial charge is 0.101 e. The molecule has 0 aliphatic heterocycles. The average Bonchev–Trinajstić information content (AvgIpc) is 2.49. The van der Waals surface area contributed by atoms with E-state index in [2.05, 4.69) is 30.4 Å². The largest absolute Gasteiger partial charge is 0.378 e. The van der Waals surface area contributed by atoms with Gasteiger partial charge in [-0.05, 0) is 30.2 Å². The number of nitrogens with one attached hydrogen (secondary N) is 1. The van der Waals surface area contributed by atoms with Gasteiger partial charge in [0.25, 0.3) is 0 Å². The van der Waals surface area contributed by atoms with Crippen LogP contribution in [0.5, 0.6) is 0 Å². The summed E-state index contributed by atoms with van der Waals surface area (Å²) in [6.45, 7) is 2.17. The predicted molar refractivity (Wildman–Crippen MR) is 83.9 cm³/mol. The molecule has 0 aliphatic carbocycles. The quantitative estimate of drug-likeness (QED) is 0.822. The molecule has 0 heterocycles. The lowest BCUT2D eigenvalue weighted by molar-refractivity contribution is 0.677. The zero-order valence-corrected chi connectivity index (χ0v) is 12.2. The van der Waals surface area contributed by atoms with E-state index in [1.807, 2.05) is 24.3 Å². The Bertz CT molecular complexity index is 602. The molecule has 102 valence electrons. The number of benzene rings is 2. The van der Waals surface area contributed by atoms with Crippen LogP contribution in [0.3, 0.4) is 0 Å². The molecule has 2 rings (SSSR count). The summed E-state index contributed by atoms with van der Waals surface area (Å²) >= 11 is 5.96. The van der Waals surface area contributed by atoms with Crippen molar-refractivity contribution in [1.29, 1.82) is 5.26 Å². The summed E-state index contributed by atoms with van der Waals surface area (Å²) in [4.78, 5) is 0. The minimum absolute atomic E-state index is 0.244. The van der Waals surface area contributed by atoms with Crippen molar-refractivity contribution < 1.29 is 0 Å². The van der Waals surface area contributed by atoms with Crippen LogP contribution < -0.4 is 5.32 Å². The number of nitriles is 1. The molecule has 1 atom stereocenters. The van der Waals surface area contributed by atoms with Crippen molar-refractivity contribution in [2.75, 3.05) is 5.32 Å². The number of rotatable bonds is 5. The van der Waals surface area contributed by atoms with Gasteiger partial charge in [0.05, 0.1) is 16.6 Å². The first-order valence-electron chi connectivity index (χ1n) is 6.75. The number of hydrogen-bond acceptors (Lipinski definition) is 2. The van der Waals surface area contributed by atoms with Crippen molar-refractivity contribution in [2.45, 2.75) is 25.8 Å². The van der Waals surface area contributed by atoms with E-state index in [1.165, 1.54) is 5.56 Å². The van der Waals surface area contributed by atoms with E-state index in [0.29, 0.717) is 10.6 Å². The van der Waals surface area contributed by atoms with Crippen molar-refractivity contribution in [1.82, 2.24) is 0 Å². The van der Waals surface area contributed by atoms with Crippen molar-refractivity contribution in [3.05, 3.63) is 64.7 Å². The Labute approximate surface area is 125 Å². The highest BCUT2D eigenvalue weighted by molar-refractivity contribution is 6.31. The molecule has 0 fully saturated rings. The summed E-state index contributed by atoms with van der Waals surface area (Å²) in [5, 5.41) is 13.0. The van der Waals surface area contributed by atoms with Crippen molar-refractivity contribution >= 4 is 17.3 Å². The molecule has 3 heteroatoms. The van der Waals surface area contributed by atoms with Gasteiger partial charge in [-0.3, -0.25) is 0 Å². The maximum Gasteiger partial charge on any atom is 0.101 e. The van der Waals surface area contributed by atoms with Crippen molar-refractivity contribution in [2.24, 2.45) is 0 Å². The molecule has 0 saturated carbocycles. The van der Waals surface area contributed by atoms with Gasteiger partial charge < -0.3 is 5.32 Å². The number of anilines is 1. The first kappa shape index (κ1) is 14.4. The molecular weight excluding hydrogens is 268 g/mol. The number of nitrogens with zero attached hydrogens (tertiary/aromatic N) is 1. The minimum Gasteiger partial charge on any atom is -0.378 e. The van der Waals surface area contributed by atoms with Gasteiger partial charge in [0, 0.05) is 5.69 Å². The first-order chi connectivity index (χ1) is 9.74. The van der Waals surface area contributed by atoms with Gasteiger partial charge in [-0.2, -0.15) is 5.26 Å². The molecule has 20 heavy (non-hydrogen) atoms. The number of hydrogen-bond donors (Lipinski definition) is 1. The van der Waals surface area contributed by atoms with Gasteiger partial charge in [0.1, 0.15) is 6.07 Å². The Morgan fingerprint density at radius 1 is 1.20 bits per heavy atom. The third-order valence-electron chi connectivity index (χ3n) is 3.21. The van der Waals surface area contributed by atoms with Gasteiger partial charge >= 0.3 is 0 Å². The highest BCUT2D eigenvalue weighted by atomic mass is 35.5. The molecule has 0 saturated heterocycles. The van der Waals surface area contributed by atoms with Gasteiger partial charge in [0.15, 0.2) is 0 Å².